The van der Waals surface area contributed by atoms with Crippen molar-refractivity contribution in [3.8, 4) is 22.8 Å². The summed E-state index contributed by atoms with van der Waals surface area (Å²) in [6.07, 6.45) is 2.89. The van der Waals surface area contributed by atoms with Crippen molar-refractivity contribution in [1.82, 2.24) is 4.57 Å². The fourth-order valence-electron chi connectivity index (χ4n) is 4.62. The minimum atomic E-state index is -1.76. The molecule has 0 aliphatic heterocycles. The molecular weight excluding hydrogens is 517 g/mol. The third-order valence-corrected chi connectivity index (χ3v) is 12.7. The molecule has 214 valence electrons. The Hall–Kier alpha value is -3.09. The van der Waals surface area contributed by atoms with Crippen LogP contribution in [0.5, 0.6) is 11.5 Å². The second-order valence-electron chi connectivity index (χ2n) is 12.0. The summed E-state index contributed by atoms with van der Waals surface area (Å²) in [5.41, 5.74) is 4.42. The minimum absolute atomic E-state index is 0.202. The molecule has 0 atom stereocenters. The number of ether oxygens (including phenoxy) is 2. The van der Waals surface area contributed by atoms with Gasteiger partial charge in [-0.15, -0.1) is 0 Å². The molecule has 0 radical (unpaired) electrons. The Morgan fingerprint density at radius 2 is 1.60 bits per heavy atom. The van der Waals surface area contributed by atoms with Crippen molar-refractivity contribution in [2.75, 3.05) is 20.3 Å². The van der Waals surface area contributed by atoms with Crippen LogP contribution in [-0.4, -0.2) is 33.2 Å². The van der Waals surface area contributed by atoms with Gasteiger partial charge in [0.15, 0.2) is 14.1 Å². The van der Waals surface area contributed by atoms with Gasteiger partial charge in [-0.1, -0.05) is 70.5 Å². The maximum absolute atomic E-state index is 16.2. The molecule has 0 saturated carbocycles. The van der Waals surface area contributed by atoms with E-state index in [2.05, 4.69) is 65.1 Å². The Kier molecular flexibility index (Phi) is 9.42. The van der Waals surface area contributed by atoms with Crippen LogP contribution in [0.25, 0.3) is 22.2 Å². The van der Waals surface area contributed by atoms with Crippen LogP contribution in [0, 0.1) is 5.82 Å². The lowest BCUT2D eigenvalue weighted by molar-refractivity contribution is 0.292. The largest absolute Gasteiger partial charge is 0.496 e. The first-order valence-electron chi connectivity index (χ1n) is 14.4. The highest BCUT2D eigenvalue weighted by Crippen LogP contribution is 2.39. The number of unbranched alkanes of at least 4 members (excludes halogenated alkanes) is 1. The van der Waals surface area contributed by atoms with E-state index in [0.29, 0.717) is 35.7 Å². The Morgan fingerprint density at radius 3 is 2.27 bits per heavy atom. The number of aromatic nitrogens is 1. The zero-order chi connectivity index (χ0) is 28.9. The topological polar surface area (TPSA) is 32.6 Å². The first-order chi connectivity index (χ1) is 19.1. The van der Waals surface area contributed by atoms with Gasteiger partial charge in [0.25, 0.3) is 0 Å². The van der Waals surface area contributed by atoms with E-state index >= 15 is 4.39 Å². The van der Waals surface area contributed by atoms with Crippen molar-refractivity contribution in [1.29, 1.82) is 0 Å². The third kappa shape index (κ3) is 6.61. The molecule has 0 bridgehead atoms. The Morgan fingerprint density at radius 1 is 0.900 bits per heavy atom. The van der Waals surface area contributed by atoms with Crippen molar-refractivity contribution in [2.24, 2.45) is 0 Å². The number of para-hydroxylation sites is 1. The summed E-state index contributed by atoms with van der Waals surface area (Å²) in [7, 11) is -0.141. The average molecular weight is 562 g/mol. The van der Waals surface area contributed by atoms with E-state index in [4.69, 9.17) is 13.9 Å². The summed E-state index contributed by atoms with van der Waals surface area (Å²) in [4.78, 5) is 0. The molecule has 0 spiro atoms. The number of hydrogen-bond donors (Lipinski definition) is 0. The van der Waals surface area contributed by atoms with Gasteiger partial charge in [-0.05, 0) is 72.4 Å². The molecule has 0 fully saturated rings. The van der Waals surface area contributed by atoms with Gasteiger partial charge >= 0.3 is 0 Å². The average Bonchev–Trinajstić information content (AvgIpc) is 3.19. The van der Waals surface area contributed by atoms with E-state index in [1.165, 1.54) is 5.56 Å². The highest BCUT2D eigenvalue weighted by Gasteiger charge is 2.36. The van der Waals surface area contributed by atoms with Crippen LogP contribution in [0.3, 0.4) is 0 Å². The number of fused-ring (bicyclic) bond motifs is 1. The number of halogens is 1. The maximum atomic E-state index is 16.2. The standard InChI is InChI=1S/C34H44FNO3Si/c1-8-9-21-38-27-18-19-30-29(23-27)32(35)33(28-12-10-11-13-31(28)37-5)36(30)24-26-16-14-25(15-17-26)20-22-39-40(6,7)34(2,3)4/h10-19,23H,8-9,20-22,24H2,1-7H3. The van der Waals surface area contributed by atoms with E-state index in [9.17, 15) is 0 Å². The van der Waals surface area contributed by atoms with Crippen LogP contribution in [-0.2, 0) is 17.4 Å². The molecule has 4 rings (SSSR count). The molecular formula is C34H44FNO3Si. The Labute approximate surface area is 240 Å². The zero-order valence-electron chi connectivity index (χ0n) is 25.1. The van der Waals surface area contributed by atoms with Crippen LogP contribution in [0.4, 0.5) is 4.39 Å². The summed E-state index contributed by atoms with van der Waals surface area (Å²) in [6.45, 7) is 15.4. The van der Waals surface area contributed by atoms with Crippen LogP contribution in [0.1, 0.15) is 51.7 Å². The number of rotatable bonds is 12. The number of nitrogens with zero attached hydrogens (tertiary/aromatic N) is 1. The van der Waals surface area contributed by atoms with Gasteiger partial charge in [0.05, 0.1) is 24.9 Å². The van der Waals surface area contributed by atoms with Gasteiger partial charge in [0.1, 0.15) is 11.5 Å². The van der Waals surface area contributed by atoms with Gasteiger partial charge < -0.3 is 18.5 Å². The molecule has 4 nitrogen and oxygen atoms in total. The molecule has 1 heterocycles. The second kappa shape index (κ2) is 12.6. The number of benzene rings is 3. The van der Waals surface area contributed by atoms with E-state index in [-0.39, 0.29) is 10.9 Å². The van der Waals surface area contributed by atoms with Crippen LogP contribution in [0.2, 0.25) is 18.1 Å². The normalized spacial score (nSPS) is 12.2. The van der Waals surface area contributed by atoms with Gasteiger partial charge in [0, 0.05) is 24.1 Å². The number of methoxy groups -OCH3 is 1. The van der Waals surface area contributed by atoms with Crippen molar-refractivity contribution >= 4 is 19.2 Å². The predicted molar refractivity (Wildman–Crippen MR) is 167 cm³/mol. The van der Waals surface area contributed by atoms with Gasteiger partial charge in [-0.2, -0.15) is 0 Å². The van der Waals surface area contributed by atoms with E-state index in [1.54, 1.807) is 7.11 Å². The molecule has 0 N–H and O–H groups in total. The third-order valence-electron chi connectivity index (χ3n) is 8.13. The summed E-state index contributed by atoms with van der Waals surface area (Å²) in [5, 5.41) is 0.752. The zero-order valence-corrected chi connectivity index (χ0v) is 26.1. The monoisotopic (exact) mass is 561 g/mol. The molecule has 0 saturated heterocycles. The smallest absolute Gasteiger partial charge is 0.191 e. The molecule has 3 aromatic carbocycles. The lowest BCUT2D eigenvalue weighted by atomic mass is 10.1. The SMILES string of the molecule is CCCCOc1ccc2c(c1)c(F)c(-c1ccccc1OC)n2Cc1ccc(CCO[Si](C)(C)C(C)(C)C)cc1. The lowest BCUT2D eigenvalue weighted by Crippen LogP contribution is -2.41. The molecule has 40 heavy (non-hydrogen) atoms. The Bertz CT molecular complexity index is 1420. The summed E-state index contributed by atoms with van der Waals surface area (Å²) in [6, 6.07) is 21.9. The van der Waals surface area contributed by atoms with E-state index in [1.807, 2.05) is 47.0 Å². The van der Waals surface area contributed by atoms with Gasteiger partial charge in [-0.3, -0.25) is 0 Å². The fraction of sp³-hybridized carbons (Fsp3) is 0.412. The molecule has 0 aliphatic carbocycles. The quantitative estimate of drug-likeness (QED) is 0.128. The minimum Gasteiger partial charge on any atom is -0.496 e. The molecule has 1 aromatic heterocycles. The predicted octanol–water partition coefficient (Wildman–Crippen LogP) is 9.25. The van der Waals surface area contributed by atoms with Crippen LogP contribution < -0.4 is 9.47 Å². The maximum Gasteiger partial charge on any atom is 0.191 e. The van der Waals surface area contributed by atoms with Crippen molar-refractivity contribution < 1.29 is 18.3 Å². The number of hydrogen-bond acceptors (Lipinski definition) is 3. The van der Waals surface area contributed by atoms with E-state index in [0.717, 1.165) is 42.5 Å². The van der Waals surface area contributed by atoms with E-state index < -0.39 is 8.32 Å². The van der Waals surface area contributed by atoms with Crippen molar-refractivity contribution in [2.45, 2.75) is 71.6 Å². The van der Waals surface area contributed by atoms with Crippen LogP contribution in [0.15, 0.2) is 66.7 Å². The van der Waals surface area contributed by atoms with Crippen LogP contribution >= 0.6 is 0 Å². The summed E-state index contributed by atoms with van der Waals surface area (Å²) < 4.78 is 36.2. The van der Waals surface area contributed by atoms with Gasteiger partial charge in [-0.25, -0.2) is 4.39 Å². The molecule has 0 amide bonds. The lowest BCUT2D eigenvalue weighted by Gasteiger charge is -2.36. The van der Waals surface area contributed by atoms with Gasteiger partial charge in [0.2, 0.25) is 0 Å². The summed E-state index contributed by atoms with van der Waals surface area (Å²) >= 11 is 0. The van der Waals surface area contributed by atoms with Crippen molar-refractivity contribution in [3.05, 3.63) is 83.7 Å². The molecule has 0 aliphatic rings. The molecule has 4 aromatic rings. The highest BCUT2D eigenvalue weighted by molar-refractivity contribution is 6.74. The molecule has 6 heteroatoms. The fourth-order valence-corrected chi connectivity index (χ4v) is 5.66. The summed E-state index contributed by atoms with van der Waals surface area (Å²) in [5.74, 6) is 1.06. The van der Waals surface area contributed by atoms with Crippen molar-refractivity contribution in [3.63, 3.8) is 0 Å². The first kappa shape index (κ1) is 29.9. The second-order valence-corrected chi connectivity index (χ2v) is 16.8. The highest BCUT2D eigenvalue weighted by atomic mass is 28.4. The first-order valence-corrected chi connectivity index (χ1v) is 17.3. The Balaban J connectivity index is 1.63. The molecule has 0 unspecified atom stereocenters.